The summed E-state index contributed by atoms with van der Waals surface area (Å²) in [5.74, 6) is 1.97. The average Bonchev–Trinajstić information content (AvgIpc) is 2.99. The quantitative estimate of drug-likeness (QED) is 0.804. The van der Waals surface area contributed by atoms with Crippen molar-refractivity contribution < 1.29 is 0 Å². The molecule has 1 saturated heterocycles. The Morgan fingerprint density at radius 1 is 1.18 bits per heavy atom. The van der Waals surface area contributed by atoms with E-state index in [1.807, 2.05) is 0 Å². The number of nitrogens with one attached hydrogen (secondary N) is 2. The Hall–Kier alpha value is -1.10. The summed E-state index contributed by atoms with van der Waals surface area (Å²) in [6.07, 6.45) is 5.12. The summed E-state index contributed by atoms with van der Waals surface area (Å²) in [6, 6.07) is 0. The SMILES string of the molecule is CC1(c2nc(N3CCNCC3)n[nH]2)CCCC1. The lowest BCUT2D eigenvalue weighted by atomic mass is 9.88. The van der Waals surface area contributed by atoms with Crippen LogP contribution in [-0.4, -0.2) is 41.4 Å². The second kappa shape index (κ2) is 4.29. The van der Waals surface area contributed by atoms with Gasteiger partial charge in [0.25, 0.3) is 0 Å². The van der Waals surface area contributed by atoms with Gasteiger partial charge in [-0.2, -0.15) is 4.98 Å². The van der Waals surface area contributed by atoms with Crippen molar-refractivity contribution in [3.63, 3.8) is 0 Å². The molecule has 5 nitrogen and oxygen atoms in total. The van der Waals surface area contributed by atoms with Crippen LogP contribution in [0.15, 0.2) is 0 Å². The minimum absolute atomic E-state index is 0.235. The summed E-state index contributed by atoms with van der Waals surface area (Å²) >= 11 is 0. The molecule has 1 saturated carbocycles. The van der Waals surface area contributed by atoms with E-state index in [1.54, 1.807) is 0 Å². The van der Waals surface area contributed by atoms with Gasteiger partial charge in [-0.3, -0.25) is 5.10 Å². The smallest absolute Gasteiger partial charge is 0.244 e. The highest BCUT2D eigenvalue weighted by Crippen LogP contribution is 2.39. The number of piperazine rings is 1. The number of nitrogens with zero attached hydrogens (tertiary/aromatic N) is 3. The maximum absolute atomic E-state index is 4.72. The lowest BCUT2D eigenvalue weighted by molar-refractivity contribution is 0.460. The molecule has 0 radical (unpaired) electrons. The minimum atomic E-state index is 0.235. The first-order chi connectivity index (χ1) is 8.28. The second-order valence-corrected chi connectivity index (χ2v) is 5.49. The van der Waals surface area contributed by atoms with Gasteiger partial charge in [0, 0.05) is 31.6 Å². The van der Waals surface area contributed by atoms with Gasteiger partial charge in [-0.15, -0.1) is 5.10 Å². The number of anilines is 1. The maximum atomic E-state index is 4.72. The molecular formula is C12H21N5. The summed E-state index contributed by atoms with van der Waals surface area (Å²) in [5.41, 5.74) is 0.235. The van der Waals surface area contributed by atoms with Crippen molar-refractivity contribution in [3.05, 3.63) is 5.82 Å². The van der Waals surface area contributed by atoms with E-state index in [4.69, 9.17) is 4.98 Å². The Morgan fingerprint density at radius 3 is 2.59 bits per heavy atom. The molecule has 1 aliphatic carbocycles. The number of aromatic amines is 1. The summed E-state index contributed by atoms with van der Waals surface area (Å²) < 4.78 is 0. The standard InChI is InChI=1S/C12H21N5/c1-12(4-2-3-5-12)10-14-11(16-15-10)17-8-6-13-7-9-17/h13H,2-9H2,1H3,(H,14,15,16). The zero-order valence-electron chi connectivity index (χ0n) is 10.5. The van der Waals surface area contributed by atoms with E-state index >= 15 is 0 Å². The normalized spacial score (nSPS) is 24.2. The predicted molar refractivity (Wildman–Crippen MR) is 67.3 cm³/mol. The summed E-state index contributed by atoms with van der Waals surface area (Å²) in [4.78, 5) is 6.98. The van der Waals surface area contributed by atoms with Crippen molar-refractivity contribution in [2.75, 3.05) is 31.1 Å². The Balaban J connectivity index is 1.77. The van der Waals surface area contributed by atoms with Crippen LogP contribution in [0, 0.1) is 0 Å². The fourth-order valence-electron chi connectivity index (χ4n) is 2.92. The van der Waals surface area contributed by atoms with Crippen LogP contribution in [0.2, 0.25) is 0 Å². The number of hydrogen-bond acceptors (Lipinski definition) is 4. The third kappa shape index (κ3) is 2.04. The first-order valence-corrected chi connectivity index (χ1v) is 6.66. The van der Waals surface area contributed by atoms with Crippen LogP contribution in [0.25, 0.3) is 0 Å². The molecule has 1 aromatic rings. The van der Waals surface area contributed by atoms with Crippen molar-refractivity contribution in [1.82, 2.24) is 20.5 Å². The molecule has 94 valence electrons. The number of H-pyrrole nitrogens is 1. The molecule has 1 aliphatic heterocycles. The fourth-order valence-corrected chi connectivity index (χ4v) is 2.92. The van der Waals surface area contributed by atoms with Gasteiger partial charge in [0.2, 0.25) is 5.95 Å². The van der Waals surface area contributed by atoms with Crippen molar-refractivity contribution in [2.24, 2.45) is 0 Å². The van der Waals surface area contributed by atoms with Gasteiger partial charge < -0.3 is 10.2 Å². The molecule has 1 aromatic heterocycles. The highest BCUT2D eigenvalue weighted by atomic mass is 15.4. The van der Waals surface area contributed by atoms with Crippen LogP contribution in [-0.2, 0) is 5.41 Å². The fraction of sp³-hybridized carbons (Fsp3) is 0.833. The summed E-state index contributed by atoms with van der Waals surface area (Å²) in [7, 11) is 0. The Kier molecular flexibility index (Phi) is 2.78. The summed E-state index contributed by atoms with van der Waals surface area (Å²) in [5, 5.41) is 10.9. The molecule has 2 fully saturated rings. The Labute approximate surface area is 102 Å². The van der Waals surface area contributed by atoms with Crippen LogP contribution in [0.5, 0.6) is 0 Å². The molecule has 2 N–H and O–H groups in total. The first kappa shape index (κ1) is 11.0. The third-order valence-electron chi connectivity index (χ3n) is 4.15. The van der Waals surface area contributed by atoms with E-state index in [9.17, 15) is 0 Å². The van der Waals surface area contributed by atoms with Crippen molar-refractivity contribution in [3.8, 4) is 0 Å². The summed E-state index contributed by atoms with van der Waals surface area (Å²) in [6.45, 7) is 6.38. The van der Waals surface area contributed by atoms with Crippen LogP contribution < -0.4 is 10.2 Å². The third-order valence-corrected chi connectivity index (χ3v) is 4.15. The average molecular weight is 235 g/mol. The molecule has 0 atom stereocenters. The van der Waals surface area contributed by atoms with Gasteiger partial charge in [0.1, 0.15) is 5.82 Å². The molecule has 2 aliphatic rings. The molecule has 0 amide bonds. The molecule has 0 bridgehead atoms. The largest absolute Gasteiger partial charge is 0.337 e. The molecule has 3 rings (SSSR count). The van der Waals surface area contributed by atoms with Crippen molar-refractivity contribution in [2.45, 2.75) is 38.0 Å². The zero-order valence-corrected chi connectivity index (χ0v) is 10.5. The minimum Gasteiger partial charge on any atom is -0.337 e. The molecule has 17 heavy (non-hydrogen) atoms. The highest BCUT2D eigenvalue weighted by molar-refractivity contribution is 5.31. The maximum Gasteiger partial charge on any atom is 0.244 e. The monoisotopic (exact) mass is 235 g/mol. The van der Waals surface area contributed by atoms with Gasteiger partial charge in [-0.25, -0.2) is 0 Å². The van der Waals surface area contributed by atoms with Crippen molar-refractivity contribution in [1.29, 1.82) is 0 Å². The van der Waals surface area contributed by atoms with E-state index in [0.29, 0.717) is 0 Å². The van der Waals surface area contributed by atoms with E-state index in [2.05, 4.69) is 27.3 Å². The van der Waals surface area contributed by atoms with E-state index in [-0.39, 0.29) is 5.41 Å². The van der Waals surface area contributed by atoms with Gasteiger partial charge in [0.05, 0.1) is 0 Å². The number of hydrogen-bond donors (Lipinski definition) is 2. The van der Waals surface area contributed by atoms with E-state index in [1.165, 1.54) is 25.7 Å². The molecule has 0 spiro atoms. The Morgan fingerprint density at radius 2 is 1.88 bits per heavy atom. The molecule has 2 heterocycles. The van der Waals surface area contributed by atoms with Gasteiger partial charge in [-0.05, 0) is 12.8 Å². The molecule has 0 unspecified atom stereocenters. The lowest BCUT2D eigenvalue weighted by Crippen LogP contribution is -2.44. The zero-order chi connectivity index (χ0) is 11.7. The van der Waals surface area contributed by atoms with Crippen molar-refractivity contribution >= 4 is 5.95 Å². The Bertz CT molecular complexity index is 374. The predicted octanol–water partition coefficient (Wildman–Crippen LogP) is 1.05. The highest BCUT2D eigenvalue weighted by Gasteiger charge is 2.34. The lowest BCUT2D eigenvalue weighted by Gasteiger charge is -2.26. The van der Waals surface area contributed by atoms with Gasteiger partial charge in [0.15, 0.2) is 0 Å². The number of aromatic nitrogens is 3. The van der Waals surface area contributed by atoms with Gasteiger partial charge >= 0.3 is 0 Å². The topological polar surface area (TPSA) is 56.8 Å². The second-order valence-electron chi connectivity index (χ2n) is 5.49. The number of rotatable bonds is 2. The molecular weight excluding hydrogens is 214 g/mol. The molecule has 0 aromatic carbocycles. The van der Waals surface area contributed by atoms with Crippen LogP contribution >= 0.6 is 0 Å². The van der Waals surface area contributed by atoms with Gasteiger partial charge in [-0.1, -0.05) is 19.8 Å². The van der Waals surface area contributed by atoms with Crippen LogP contribution in [0.1, 0.15) is 38.4 Å². The van der Waals surface area contributed by atoms with E-state index in [0.717, 1.165) is 38.0 Å². The first-order valence-electron chi connectivity index (χ1n) is 6.66. The van der Waals surface area contributed by atoms with E-state index < -0.39 is 0 Å². The molecule has 5 heteroatoms. The van der Waals surface area contributed by atoms with Crippen LogP contribution in [0.3, 0.4) is 0 Å². The van der Waals surface area contributed by atoms with Crippen LogP contribution in [0.4, 0.5) is 5.95 Å².